The fourth-order valence-corrected chi connectivity index (χ4v) is 3.29. The second kappa shape index (κ2) is 14.6. The minimum absolute atomic E-state index is 0.0246. The summed E-state index contributed by atoms with van der Waals surface area (Å²) >= 11 is 0. The van der Waals surface area contributed by atoms with Crippen LogP contribution in [0, 0.1) is 6.92 Å². The zero-order chi connectivity index (χ0) is 29.9. The largest absolute Gasteiger partial charge is 0.492 e. The van der Waals surface area contributed by atoms with E-state index in [2.05, 4.69) is 38.7 Å². The Morgan fingerprint density at radius 1 is 1.15 bits per heavy atom. The molecule has 0 atom stereocenters. The van der Waals surface area contributed by atoms with Gasteiger partial charge >= 0.3 is 6.18 Å². The van der Waals surface area contributed by atoms with E-state index in [1.54, 1.807) is 31.8 Å². The third-order valence-corrected chi connectivity index (χ3v) is 5.37. The van der Waals surface area contributed by atoms with Crippen LogP contribution in [-0.4, -0.2) is 49.2 Å². The van der Waals surface area contributed by atoms with E-state index in [1.807, 2.05) is 38.1 Å². The monoisotopic (exact) mass is 557 g/mol. The molecule has 9 nitrogen and oxygen atoms in total. The number of aromatic nitrogens is 6. The van der Waals surface area contributed by atoms with Gasteiger partial charge in [0.2, 0.25) is 5.90 Å². The Kier molecular flexibility index (Phi) is 11.6. The second-order valence-electron chi connectivity index (χ2n) is 8.15. The maximum absolute atomic E-state index is 12.9. The van der Waals surface area contributed by atoms with Crippen molar-refractivity contribution < 1.29 is 22.6 Å². The van der Waals surface area contributed by atoms with Crippen LogP contribution >= 0.6 is 0 Å². The van der Waals surface area contributed by atoms with Gasteiger partial charge in [-0.15, -0.1) is 10.2 Å². The van der Waals surface area contributed by atoms with Crippen molar-refractivity contribution >= 4 is 11.6 Å². The summed E-state index contributed by atoms with van der Waals surface area (Å²) in [5, 5.41) is 16.3. The van der Waals surface area contributed by atoms with Gasteiger partial charge in [0, 0.05) is 7.05 Å². The molecule has 214 valence electrons. The maximum Gasteiger partial charge on any atom is 0.416 e. The molecule has 0 aliphatic heterocycles. The van der Waals surface area contributed by atoms with Crippen molar-refractivity contribution in [1.82, 2.24) is 30.0 Å². The van der Waals surface area contributed by atoms with Gasteiger partial charge < -0.3 is 9.47 Å². The normalized spacial score (nSPS) is 12.5. The van der Waals surface area contributed by atoms with Gasteiger partial charge in [-0.2, -0.15) is 23.1 Å². The van der Waals surface area contributed by atoms with Crippen LogP contribution < -0.4 is 0 Å². The van der Waals surface area contributed by atoms with Crippen molar-refractivity contribution in [3.05, 3.63) is 101 Å². The lowest BCUT2D eigenvalue weighted by atomic mass is 10.1. The molecule has 2 heterocycles. The molecule has 0 spiro atoms. The number of methoxy groups -OCH3 is 1. The Morgan fingerprint density at radius 2 is 1.82 bits per heavy atom. The number of aliphatic imine (C=N–C) groups is 1. The van der Waals surface area contributed by atoms with Crippen LogP contribution in [0.2, 0.25) is 0 Å². The average molecular weight is 558 g/mol. The number of hydrogen-bond donors (Lipinski definition) is 0. The molecule has 3 aromatic rings. The summed E-state index contributed by atoms with van der Waals surface area (Å²) in [4.78, 5) is 6.05. The highest BCUT2D eigenvalue weighted by molar-refractivity contribution is 5.98. The zero-order valence-electron chi connectivity index (χ0n) is 23.5. The quantitative estimate of drug-likeness (QED) is 0.132. The molecule has 0 N–H and O–H groups in total. The van der Waals surface area contributed by atoms with E-state index in [-0.39, 0.29) is 18.3 Å². The lowest BCUT2D eigenvalue weighted by Gasteiger charge is -2.11. The summed E-state index contributed by atoms with van der Waals surface area (Å²) in [5.74, 6) is 1.14. The second-order valence-corrected chi connectivity index (χ2v) is 8.15. The first-order chi connectivity index (χ1) is 19.0. The highest BCUT2D eigenvalue weighted by Crippen LogP contribution is 2.26. The minimum Gasteiger partial charge on any atom is -0.492 e. The van der Waals surface area contributed by atoms with Crippen molar-refractivity contribution in [3.8, 4) is 0 Å². The van der Waals surface area contributed by atoms with Gasteiger partial charge in [-0.1, -0.05) is 57.3 Å². The molecule has 0 saturated carbocycles. The summed E-state index contributed by atoms with van der Waals surface area (Å²) in [6.45, 7) is 15.1. The third-order valence-electron chi connectivity index (χ3n) is 5.37. The van der Waals surface area contributed by atoms with E-state index in [9.17, 15) is 13.2 Å². The van der Waals surface area contributed by atoms with E-state index < -0.39 is 11.7 Å². The number of aryl methyl sites for hydroxylation is 2. The number of nitrogens with zero attached hydrogens (tertiary/aromatic N) is 7. The summed E-state index contributed by atoms with van der Waals surface area (Å²) < 4.78 is 51.4. The van der Waals surface area contributed by atoms with E-state index in [0.29, 0.717) is 29.3 Å². The van der Waals surface area contributed by atoms with E-state index in [0.717, 1.165) is 23.3 Å². The third kappa shape index (κ3) is 8.79. The Balaban J connectivity index is 0.00000274. The smallest absolute Gasteiger partial charge is 0.416 e. The Morgan fingerprint density at radius 3 is 2.38 bits per heavy atom. The zero-order valence-corrected chi connectivity index (χ0v) is 23.5. The number of alkyl halides is 3. The number of allylic oxidation sites excluding steroid dienone is 5. The van der Waals surface area contributed by atoms with E-state index >= 15 is 0 Å². The first-order valence-corrected chi connectivity index (χ1v) is 12.4. The number of hydrogen-bond acceptors (Lipinski definition) is 7. The van der Waals surface area contributed by atoms with Crippen LogP contribution in [0.1, 0.15) is 49.0 Å². The standard InChI is InChI=1S/C26H28F3N7O2.C2H6/c1-7-22(26(27,28)29)13-8-17(2)38-16-24-23(14-30-35(24)5)25(37-6)31-18(3)21-11-9-20(10-12-21)15-36-33-19(4)32-34-36;1-2/h7-14H,1,3,15-16H2,2,4-6H3;1-2H3/b17-8+,22-13+,31-25?;. The maximum atomic E-state index is 12.9. The van der Waals surface area contributed by atoms with Gasteiger partial charge in [0.15, 0.2) is 5.82 Å². The predicted octanol–water partition coefficient (Wildman–Crippen LogP) is 5.95. The fraction of sp³-hybridized carbons (Fsp3) is 0.321. The van der Waals surface area contributed by atoms with Crippen molar-refractivity contribution in [2.45, 2.75) is 47.0 Å². The Hall–Kier alpha value is -4.48. The van der Waals surface area contributed by atoms with Gasteiger partial charge in [-0.25, -0.2) is 4.99 Å². The topological polar surface area (TPSA) is 92.2 Å². The van der Waals surface area contributed by atoms with Gasteiger partial charge in [-0.05, 0) is 42.3 Å². The molecule has 0 aliphatic rings. The molecule has 0 bridgehead atoms. The number of rotatable bonds is 10. The summed E-state index contributed by atoms with van der Waals surface area (Å²) in [5.41, 5.74) is 2.53. The van der Waals surface area contributed by atoms with Crippen LogP contribution in [0.3, 0.4) is 0 Å². The van der Waals surface area contributed by atoms with Crippen molar-refractivity contribution in [2.24, 2.45) is 12.0 Å². The van der Waals surface area contributed by atoms with Crippen LogP contribution in [0.4, 0.5) is 13.2 Å². The molecule has 0 fully saturated rings. The lowest BCUT2D eigenvalue weighted by molar-refractivity contribution is -0.0881. The molecule has 0 aliphatic carbocycles. The molecular formula is C28H34F3N7O2. The highest BCUT2D eigenvalue weighted by Gasteiger charge is 2.30. The van der Waals surface area contributed by atoms with Crippen LogP contribution in [0.5, 0.6) is 0 Å². The molecule has 2 aromatic heterocycles. The number of halogens is 3. The van der Waals surface area contributed by atoms with E-state index in [4.69, 9.17) is 9.47 Å². The van der Waals surface area contributed by atoms with Gasteiger partial charge in [-0.3, -0.25) is 4.68 Å². The first kappa shape index (κ1) is 31.7. The number of ether oxygens (including phenoxy) is 2. The van der Waals surface area contributed by atoms with Crippen LogP contribution in [-0.2, 0) is 29.7 Å². The average Bonchev–Trinajstić information content (AvgIpc) is 3.51. The molecule has 0 amide bonds. The predicted molar refractivity (Wildman–Crippen MR) is 148 cm³/mol. The molecule has 0 unspecified atom stereocenters. The van der Waals surface area contributed by atoms with Crippen molar-refractivity contribution in [2.75, 3.05) is 7.11 Å². The van der Waals surface area contributed by atoms with Gasteiger partial charge in [0.05, 0.1) is 48.1 Å². The number of tetrazole rings is 1. The van der Waals surface area contributed by atoms with Crippen LogP contribution in [0.25, 0.3) is 5.70 Å². The summed E-state index contributed by atoms with van der Waals surface area (Å²) in [6.07, 6.45) is -0.0265. The minimum atomic E-state index is -4.49. The van der Waals surface area contributed by atoms with Crippen molar-refractivity contribution in [1.29, 1.82) is 0 Å². The molecular weight excluding hydrogens is 523 g/mol. The summed E-state index contributed by atoms with van der Waals surface area (Å²) in [7, 11) is 3.19. The molecule has 1 aromatic carbocycles. The van der Waals surface area contributed by atoms with Crippen molar-refractivity contribution in [3.63, 3.8) is 0 Å². The molecule has 12 heteroatoms. The van der Waals surface area contributed by atoms with Gasteiger partial charge in [0.1, 0.15) is 6.61 Å². The molecule has 0 radical (unpaired) electrons. The lowest BCUT2D eigenvalue weighted by Crippen LogP contribution is -2.10. The fourth-order valence-electron chi connectivity index (χ4n) is 3.29. The Labute approximate surface area is 232 Å². The highest BCUT2D eigenvalue weighted by atomic mass is 19.4. The number of benzene rings is 1. The molecule has 0 saturated heterocycles. The van der Waals surface area contributed by atoms with Crippen LogP contribution in [0.15, 0.2) is 78.2 Å². The molecule has 3 rings (SSSR count). The molecule has 40 heavy (non-hydrogen) atoms. The Bertz CT molecular complexity index is 1380. The van der Waals surface area contributed by atoms with Gasteiger partial charge in [0.25, 0.3) is 0 Å². The first-order valence-electron chi connectivity index (χ1n) is 12.4. The summed E-state index contributed by atoms with van der Waals surface area (Å²) in [6, 6.07) is 7.60. The SMILES string of the molecule is C=C/C(=C\C=C(/C)OCc1c(C(=NC(=C)c2ccc(Cn3nnc(C)n3)cc2)OC)cnn1C)C(F)(F)F.CC. The van der Waals surface area contributed by atoms with E-state index in [1.165, 1.54) is 18.0 Å².